The van der Waals surface area contributed by atoms with Crippen molar-refractivity contribution in [3.63, 3.8) is 0 Å². The largest absolute Gasteiger partial charge is 0.335 e. The molecule has 3 amide bonds. The number of benzene rings is 3. The summed E-state index contributed by atoms with van der Waals surface area (Å²) in [7, 11) is 0. The smallest absolute Gasteiger partial charge is 0.258 e. The van der Waals surface area contributed by atoms with Crippen LogP contribution in [0.4, 0.5) is 11.4 Å². The van der Waals surface area contributed by atoms with Gasteiger partial charge in [0, 0.05) is 35.4 Å². The van der Waals surface area contributed by atoms with E-state index in [-0.39, 0.29) is 37.1 Å². The van der Waals surface area contributed by atoms with Gasteiger partial charge < -0.3 is 4.57 Å². The Morgan fingerprint density at radius 3 is 1.97 bits per heavy atom. The highest BCUT2D eigenvalue weighted by Gasteiger charge is 2.18. The molecule has 2 N–H and O–H groups in total. The lowest BCUT2D eigenvalue weighted by Crippen LogP contribution is -2.43. The maximum Gasteiger partial charge on any atom is 0.258 e. The van der Waals surface area contributed by atoms with E-state index in [0.717, 1.165) is 28.0 Å². The molecule has 0 spiro atoms. The highest BCUT2D eigenvalue weighted by atomic mass is 16.2. The molecule has 0 aliphatic carbocycles. The number of carbonyl (C=O) groups is 3. The van der Waals surface area contributed by atoms with Crippen molar-refractivity contribution in [2.75, 3.05) is 4.90 Å². The van der Waals surface area contributed by atoms with E-state index in [1.54, 1.807) is 4.90 Å². The van der Waals surface area contributed by atoms with Crippen LogP contribution in [0.25, 0.3) is 10.9 Å². The first-order chi connectivity index (χ1) is 17.0. The molecule has 178 valence electrons. The van der Waals surface area contributed by atoms with Crippen LogP contribution >= 0.6 is 0 Å². The summed E-state index contributed by atoms with van der Waals surface area (Å²) in [6.07, 6.45) is 0.673. The molecule has 0 unspecified atom stereocenters. The van der Waals surface area contributed by atoms with Crippen molar-refractivity contribution in [3.05, 3.63) is 96.7 Å². The van der Waals surface area contributed by atoms with Crippen molar-refractivity contribution < 1.29 is 14.4 Å². The van der Waals surface area contributed by atoms with Gasteiger partial charge in [-0.2, -0.15) is 0 Å². The summed E-state index contributed by atoms with van der Waals surface area (Å²) < 4.78 is 1.90. The molecule has 0 fully saturated rings. The van der Waals surface area contributed by atoms with Crippen LogP contribution in [0.15, 0.2) is 91.0 Å². The highest BCUT2D eigenvalue weighted by molar-refractivity contribution is 6.00. The van der Waals surface area contributed by atoms with E-state index >= 15 is 0 Å². The van der Waals surface area contributed by atoms with Crippen LogP contribution in [0.1, 0.15) is 25.0 Å². The maximum atomic E-state index is 13.0. The predicted octanol–water partition coefficient (Wildman–Crippen LogP) is 4.63. The van der Waals surface area contributed by atoms with E-state index in [0.29, 0.717) is 6.42 Å². The third-order valence-electron chi connectivity index (χ3n) is 5.73. The van der Waals surface area contributed by atoms with Crippen LogP contribution in [-0.4, -0.2) is 22.3 Å². The molecular weight excluding hydrogens is 440 g/mol. The molecule has 0 aliphatic rings. The first kappa shape index (κ1) is 23.8. The van der Waals surface area contributed by atoms with Crippen molar-refractivity contribution in [1.29, 1.82) is 0 Å². The van der Waals surface area contributed by atoms with Gasteiger partial charge in [0.2, 0.25) is 11.8 Å². The minimum Gasteiger partial charge on any atom is -0.335 e. The van der Waals surface area contributed by atoms with Gasteiger partial charge in [0.05, 0.1) is 0 Å². The van der Waals surface area contributed by atoms with Crippen LogP contribution < -0.4 is 15.8 Å². The second kappa shape index (κ2) is 11.2. The average molecular weight is 469 g/mol. The van der Waals surface area contributed by atoms with Gasteiger partial charge in [0.15, 0.2) is 0 Å². The Morgan fingerprint density at radius 2 is 1.31 bits per heavy atom. The number of hydrogen-bond donors (Lipinski definition) is 2. The number of carbonyl (C=O) groups excluding carboxylic acids is 3. The summed E-state index contributed by atoms with van der Waals surface area (Å²) in [6, 6.07) is 28.7. The Balaban J connectivity index is 1.27. The summed E-state index contributed by atoms with van der Waals surface area (Å²) in [6.45, 7) is 2.04. The lowest BCUT2D eigenvalue weighted by atomic mass is 10.1. The fourth-order valence-corrected chi connectivity index (χ4v) is 4.05. The lowest BCUT2D eigenvalue weighted by Gasteiger charge is -2.23. The van der Waals surface area contributed by atoms with Gasteiger partial charge in [-0.05, 0) is 55.1 Å². The molecule has 0 bridgehead atoms. The number of aryl methyl sites for hydroxylation is 1. The van der Waals surface area contributed by atoms with Crippen molar-refractivity contribution in [2.45, 2.75) is 32.7 Å². The molecule has 0 aliphatic heterocycles. The molecule has 4 rings (SSSR count). The molecule has 0 atom stereocenters. The Kier molecular flexibility index (Phi) is 7.57. The minimum atomic E-state index is -0.341. The highest BCUT2D eigenvalue weighted by Crippen LogP contribution is 2.26. The molecule has 0 saturated heterocycles. The summed E-state index contributed by atoms with van der Waals surface area (Å²) in [4.78, 5) is 39.3. The van der Waals surface area contributed by atoms with Crippen LogP contribution in [0.2, 0.25) is 0 Å². The number of amides is 3. The van der Waals surface area contributed by atoms with Crippen LogP contribution in [-0.2, 0) is 20.9 Å². The van der Waals surface area contributed by atoms with Gasteiger partial charge in [-0.1, -0.05) is 54.6 Å². The van der Waals surface area contributed by atoms with Crippen molar-refractivity contribution in [3.8, 4) is 0 Å². The summed E-state index contributed by atoms with van der Waals surface area (Å²) in [5.41, 5.74) is 8.40. The fraction of sp³-hybridized carbons (Fsp3) is 0.179. The maximum absolute atomic E-state index is 13.0. The number of hydrogen-bond acceptors (Lipinski definition) is 3. The topological polar surface area (TPSA) is 83.4 Å². The first-order valence-electron chi connectivity index (χ1n) is 11.6. The standard InChI is InChI=1S/C28H28N4O3/c1-21-19-22-11-8-9-16-25(22)31(21)20-27(34)30-29-26(33)17-10-18-28(35)32(23-12-4-2-5-13-23)24-14-6-3-7-15-24/h2-9,11-16,19H,10,17-18,20H2,1H3,(H,29,33)(H,30,34). The average Bonchev–Trinajstić information content (AvgIpc) is 3.19. The van der Waals surface area contributed by atoms with E-state index in [4.69, 9.17) is 0 Å². The van der Waals surface area contributed by atoms with E-state index in [9.17, 15) is 14.4 Å². The second-order valence-corrected chi connectivity index (χ2v) is 8.28. The lowest BCUT2D eigenvalue weighted by molar-refractivity contribution is -0.129. The molecule has 7 nitrogen and oxygen atoms in total. The molecule has 3 aromatic carbocycles. The van der Waals surface area contributed by atoms with E-state index in [2.05, 4.69) is 10.9 Å². The Hall–Kier alpha value is -4.39. The molecule has 35 heavy (non-hydrogen) atoms. The number of fused-ring (bicyclic) bond motifs is 1. The number of nitrogens with zero attached hydrogens (tertiary/aromatic N) is 2. The van der Waals surface area contributed by atoms with E-state index in [1.165, 1.54) is 0 Å². The van der Waals surface area contributed by atoms with Crippen molar-refractivity contribution in [2.24, 2.45) is 0 Å². The van der Waals surface area contributed by atoms with Gasteiger partial charge in [0.25, 0.3) is 5.91 Å². The number of rotatable bonds is 8. The number of nitrogens with one attached hydrogen (secondary N) is 2. The molecule has 0 saturated carbocycles. The third-order valence-corrected chi connectivity index (χ3v) is 5.73. The molecule has 0 radical (unpaired) electrons. The molecule has 1 aromatic heterocycles. The van der Waals surface area contributed by atoms with Gasteiger partial charge >= 0.3 is 0 Å². The van der Waals surface area contributed by atoms with Gasteiger partial charge in [-0.25, -0.2) is 0 Å². The summed E-state index contributed by atoms with van der Waals surface area (Å²) in [5, 5.41) is 1.06. The predicted molar refractivity (Wildman–Crippen MR) is 137 cm³/mol. The van der Waals surface area contributed by atoms with Crippen LogP contribution in [0.3, 0.4) is 0 Å². The molecule has 4 aromatic rings. The first-order valence-corrected chi connectivity index (χ1v) is 11.6. The molecule has 7 heteroatoms. The number of anilines is 2. The SMILES string of the molecule is Cc1cc2ccccc2n1CC(=O)NNC(=O)CCCC(=O)N(c1ccccc1)c1ccccc1. The number of para-hydroxylation sites is 3. The molecular formula is C28H28N4O3. The van der Waals surface area contributed by atoms with Crippen LogP contribution in [0, 0.1) is 6.92 Å². The Bertz CT molecular complexity index is 1280. The van der Waals surface area contributed by atoms with Gasteiger partial charge in [-0.15, -0.1) is 0 Å². The Morgan fingerprint density at radius 1 is 0.743 bits per heavy atom. The number of aromatic nitrogens is 1. The van der Waals surface area contributed by atoms with Crippen molar-refractivity contribution in [1.82, 2.24) is 15.4 Å². The Labute approximate surface area is 204 Å². The summed E-state index contributed by atoms with van der Waals surface area (Å²) in [5.74, 6) is -0.765. The zero-order valence-electron chi connectivity index (χ0n) is 19.6. The second-order valence-electron chi connectivity index (χ2n) is 8.28. The zero-order chi connectivity index (χ0) is 24.6. The number of hydrazine groups is 1. The summed E-state index contributed by atoms with van der Waals surface area (Å²) >= 11 is 0. The minimum absolute atomic E-state index is 0.0984. The monoisotopic (exact) mass is 468 g/mol. The normalized spacial score (nSPS) is 10.7. The zero-order valence-corrected chi connectivity index (χ0v) is 19.6. The fourth-order valence-electron chi connectivity index (χ4n) is 4.05. The van der Waals surface area contributed by atoms with E-state index < -0.39 is 0 Å². The van der Waals surface area contributed by atoms with Crippen LogP contribution in [0.5, 0.6) is 0 Å². The molecule has 1 heterocycles. The van der Waals surface area contributed by atoms with Gasteiger partial charge in [0.1, 0.15) is 6.54 Å². The quantitative estimate of drug-likeness (QED) is 0.370. The van der Waals surface area contributed by atoms with Gasteiger partial charge in [-0.3, -0.25) is 30.1 Å². The third kappa shape index (κ3) is 5.95. The van der Waals surface area contributed by atoms with Crippen molar-refractivity contribution >= 4 is 40.0 Å². The van der Waals surface area contributed by atoms with E-state index in [1.807, 2.05) is 102 Å².